The lowest BCUT2D eigenvalue weighted by molar-refractivity contribution is -0.146. The number of ether oxygens (including phenoxy) is 2. The van der Waals surface area contributed by atoms with E-state index < -0.39 is 11.9 Å². The smallest absolute Gasteiger partial charge is 0.313 e. The topological polar surface area (TPSA) is 72.8 Å². The third-order valence-electron chi connectivity index (χ3n) is 6.26. The Bertz CT molecular complexity index is 964. The quantitative estimate of drug-likeness (QED) is 0.366. The van der Waals surface area contributed by atoms with E-state index in [1.807, 2.05) is 19.1 Å². The Morgan fingerprint density at radius 2 is 1.91 bits per heavy atom. The summed E-state index contributed by atoms with van der Waals surface area (Å²) in [6.07, 6.45) is 3.97. The zero-order chi connectivity index (χ0) is 24.0. The van der Waals surface area contributed by atoms with Gasteiger partial charge < -0.3 is 14.6 Å². The highest BCUT2D eigenvalue weighted by atomic mass is 16.5. The van der Waals surface area contributed by atoms with Gasteiger partial charge in [0, 0.05) is 17.5 Å². The first-order chi connectivity index (χ1) is 15.7. The average Bonchev–Trinajstić information content (AvgIpc) is 2.73. The van der Waals surface area contributed by atoms with E-state index in [1.165, 1.54) is 5.56 Å². The van der Waals surface area contributed by atoms with Gasteiger partial charge in [-0.1, -0.05) is 44.2 Å². The minimum absolute atomic E-state index is 0.00371. The number of carbonyl (C=O) groups is 2. The number of ketones is 1. The largest absolute Gasteiger partial charge is 0.507 e. The molecule has 0 fully saturated rings. The molecule has 0 saturated carbocycles. The summed E-state index contributed by atoms with van der Waals surface area (Å²) in [4.78, 5) is 24.8. The summed E-state index contributed by atoms with van der Waals surface area (Å²) in [7, 11) is 0. The molecule has 178 valence electrons. The van der Waals surface area contributed by atoms with Crippen LogP contribution in [0.15, 0.2) is 42.5 Å². The molecule has 0 bridgehead atoms. The second kappa shape index (κ2) is 10.9. The molecule has 0 heterocycles. The van der Waals surface area contributed by atoms with Crippen LogP contribution < -0.4 is 4.74 Å². The summed E-state index contributed by atoms with van der Waals surface area (Å²) < 4.78 is 11.1. The molecule has 2 unspecified atom stereocenters. The van der Waals surface area contributed by atoms with Crippen molar-refractivity contribution in [2.24, 2.45) is 5.41 Å². The van der Waals surface area contributed by atoms with E-state index in [9.17, 15) is 14.7 Å². The lowest BCUT2D eigenvalue weighted by atomic mass is 9.67. The van der Waals surface area contributed by atoms with E-state index in [4.69, 9.17) is 9.47 Å². The van der Waals surface area contributed by atoms with E-state index in [0.29, 0.717) is 17.7 Å². The Hall–Kier alpha value is -2.82. The summed E-state index contributed by atoms with van der Waals surface area (Å²) in [5.41, 5.74) is 2.73. The molecule has 0 aliphatic heterocycles. The molecule has 0 saturated heterocycles. The van der Waals surface area contributed by atoms with E-state index >= 15 is 0 Å². The van der Waals surface area contributed by atoms with Gasteiger partial charge in [0.2, 0.25) is 0 Å². The van der Waals surface area contributed by atoms with Crippen molar-refractivity contribution >= 4 is 11.8 Å². The fourth-order valence-electron chi connectivity index (χ4n) is 4.81. The normalized spacial score (nSPS) is 17.6. The molecule has 2 aromatic rings. The van der Waals surface area contributed by atoms with Crippen LogP contribution in [0.5, 0.6) is 11.5 Å². The van der Waals surface area contributed by atoms with Crippen molar-refractivity contribution in [2.45, 2.75) is 78.2 Å². The number of fused-ring (bicyclic) bond motifs is 1. The van der Waals surface area contributed by atoms with Crippen LogP contribution >= 0.6 is 0 Å². The number of Topliss-reactive ketones (excluding diaryl/α,β-unsaturated/α-hetero) is 1. The van der Waals surface area contributed by atoms with E-state index in [1.54, 1.807) is 13.0 Å². The van der Waals surface area contributed by atoms with Crippen molar-refractivity contribution in [3.63, 3.8) is 0 Å². The van der Waals surface area contributed by atoms with Gasteiger partial charge in [-0.15, -0.1) is 0 Å². The predicted molar refractivity (Wildman–Crippen MR) is 129 cm³/mol. The van der Waals surface area contributed by atoms with Gasteiger partial charge in [0.25, 0.3) is 0 Å². The number of esters is 1. The van der Waals surface area contributed by atoms with Crippen LogP contribution in [-0.2, 0) is 27.2 Å². The first-order valence-corrected chi connectivity index (χ1v) is 11.9. The molecule has 33 heavy (non-hydrogen) atoms. The minimum atomic E-state index is -0.523. The highest BCUT2D eigenvalue weighted by molar-refractivity contribution is 5.99. The van der Waals surface area contributed by atoms with Crippen molar-refractivity contribution in [3.05, 3.63) is 59.2 Å². The van der Waals surface area contributed by atoms with Gasteiger partial charge in [-0.25, -0.2) is 0 Å². The van der Waals surface area contributed by atoms with Gasteiger partial charge in [-0.3, -0.25) is 9.59 Å². The summed E-state index contributed by atoms with van der Waals surface area (Å²) in [6, 6.07) is 14.0. The first-order valence-electron chi connectivity index (χ1n) is 11.9. The Balaban J connectivity index is 1.71. The monoisotopic (exact) mass is 452 g/mol. The number of benzene rings is 2. The first kappa shape index (κ1) is 24.8. The van der Waals surface area contributed by atoms with Crippen molar-refractivity contribution in [3.8, 4) is 11.5 Å². The second-order valence-corrected chi connectivity index (χ2v) is 9.87. The molecule has 0 amide bonds. The van der Waals surface area contributed by atoms with Gasteiger partial charge in [0.1, 0.15) is 17.9 Å². The number of phenols is 1. The number of aryl methyl sites for hydroxylation is 1. The highest BCUT2D eigenvalue weighted by Crippen LogP contribution is 2.47. The van der Waals surface area contributed by atoms with Crippen LogP contribution in [0, 0.1) is 5.41 Å². The molecule has 1 aliphatic carbocycles. The number of hydrogen-bond donors (Lipinski definition) is 1. The lowest BCUT2D eigenvalue weighted by Gasteiger charge is -2.37. The van der Waals surface area contributed by atoms with Crippen molar-refractivity contribution < 1.29 is 24.2 Å². The van der Waals surface area contributed by atoms with Crippen LogP contribution in [0.2, 0.25) is 0 Å². The van der Waals surface area contributed by atoms with Crippen LogP contribution in [-0.4, -0.2) is 29.6 Å². The minimum Gasteiger partial charge on any atom is -0.507 e. The zero-order valence-electron chi connectivity index (χ0n) is 20.2. The molecule has 5 heteroatoms. The van der Waals surface area contributed by atoms with Gasteiger partial charge in [0.05, 0.1) is 12.7 Å². The fraction of sp³-hybridized carbons (Fsp3) is 0.500. The Morgan fingerprint density at radius 1 is 1.18 bits per heavy atom. The fourth-order valence-corrected chi connectivity index (χ4v) is 4.81. The maximum absolute atomic E-state index is 12.9. The molecule has 0 aromatic heterocycles. The number of phenolic OH excluding ortho intramolecular Hbond substituents is 1. The standard InChI is InChI=1S/C28H36O5/c1-5-32-26(31)16-24(29)23-18-28(3,4)17-21-14-22(15-25(30)27(21)23)33-19(2)10-9-13-20-11-7-6-8-12-20/h6-8,11-12,14-15,19,23,30H,5,9-10,13,16-18H2,1-4H3. The number of aromatic hydroxyl groups is 1. The summed E-state index contributed by atoms with van der Waals surface area (Å²) in [6.45, 7) is 8.22. The van der Waals surface area contributed by atoms with Crippen molar-refractivity contribution in [2.75, 3.05) is 6.61 Å². The molecular weight excluding hydrogens is 416 g/mol. The van der Waals surface area contributed by atoms with Crippen LogP contribution in [0.25, 0.3) is 0 Å². The van der Waals surface area contributed by atoms with E-state index in [2.05, 4.69) is 38.1 Å². The summed E-state index contributed by atoms with van der Waals surface area (Å²) in [5.74, 6) is -0.563. The highest BCUT2D eigenvalue weighted by Gasteiger charge is 2.38. The maximum atomic E-state index is 12.9. The second-order valence-electron chi connectivity index (χ2n) is 9.87. The summed E-state index contributed by atoms with van der Waals surface area (Å²) >= 11 is 0. The molecule has 5 nitrogen and oxygen atoms in total. The number of hydrogen-bond acceptors (Lipinski definition) is 5. The lowest BCUT2D eigenvalue weighted by Crippen LogP contribution is -2.31. The summed E-state index contributed by atoms with van der Waals surface area (Å²) in [5, 5.41) is 10.9. The molecule has 1 N–H and O–H groups in total. The number of rotatable bonds is 10. The van der Waals surface area contributed by atoms with Gasteiger partial charge >= 0.3 is 5.97 Å². The third kappa shape index (κ3) is 6.83. The maximum Gasteiger partial charge on any atom is 0.313 e. The number of carbonyl (C=O) groups excluding carboxylic acids is 2. The van der Waals surface area contributed by atoms with Gasteiger partial charge in [-0.05, 0) is 68.6 Å². The Labute approximate surface area is 197 Å². The Morgan fingerprint density at radius 3 is 2.61 bits per heavy atom. The SMILES string of the molecule is CCOC(=O)CC(=O)C1CC(C)(C)Cc2cc(OC(C)CCCc3ccccc3)cc(O)c21. The van der Waals surface area contributed by atoms with E-state index in [0.717, 1.165) is 31.2 Å². The zero-order valence-corrected chi connectivity index (χ0v) is 20.2. The third-order valence-corrected chi connectivity index (χ3v) is 6.26. The molecular formula is C28H36O5. The molecule has 2 atom stereocenters. The molecule has 2 aromatic carbocycles. The van der Waals surface area contributed by atoms with Crippen molar-refractivity contribution in [1.82, 2.24) is 0 Å². The predicted octanol–water partition coefficient (Wildman–Crippen LogP) is 5.76. The van der Waals surface area contributed by atoms with Crippen LogP contribution in [0.3, 0.4) is 0 Å². The Kier molecular flexibility index (Phi) is 8.17. The van der Waals surface area contributed by atoms with Crippen LogP contribution in [0.4, 0.5) is 0 Å². The molecule has 1 aliphatic rings. The van der Waals surface area contributed by atoms with Gasteiger partial charge in [-0.2, -0.15) is 0 Å². The average molecular weight is 453 g/mol. The van der Waals surface area contributed by atoms with Crippen LogP contribution in [0.1, 0.15) is 76.0 Å². The molecule has 0 radical (unpaired) electrons. The van der Waals surface area contributed by atoms with Crippen molar-refractivity contribution in [1.29, 1.82) is 0 Å². The molecule has 3 rings (SSSR count). The van der Waals surface area contributed by atoms with Gasteiger partial charge in [0.15, 0.2) is 5.78 Å². The van der Waals surface area contributed by atoms with E-state index in [-0.39, 0.29) is 36.1 Å². The molecule has 0 spiro atoms.